The summed E-state index contributed by atoms with van der Waals surface area (Å²) in [4.78, 5) is 15.4. The minimum atomic E-state index is -0.511. The zero-order chi connectivity index (χ0) is 21.3. The lowest BCUT2D eigenvalue weighted by atomic mass is 10.0. The van der Waals surface area contributed by atoms with E-state index in [2.05, 4.69) is 19.2 Å². The number of rotatable bonds is 9. The summed E-state index contributed by atoms with van der Waals surface area (Å²) < 4.78 is 0. The van der Waals surface area contributed by atoms with Gasteiger partial charge < -0.3 is 10.4 Å². The van der Waals surface area contributed by atoms with Crippen molar-refractivity contribution in [3.63, 3.8) is 0 Å². The molecule has 3 aromatic rings. The van der Waals surface area contributed by atoms with E-state index in [0.29, 0.717) is 19.0 Å². The molecular formula is C26H30N2O2. The standard InChI is InChI=1S/C26H30N2O2/c1-20(2)22-13-15-24(16-14-22)27-26(30)25(23-11-7-4-8-12-23)28(17-18-29)19-21-9-5-3-6-10-21/h3-16,20,25,29H,17-19H2,1-2H3,(H,27,30)/t25-/m0/s1. The number of amides is 1. The van der Waals surface area contributed by atoms with Crippen LogP contribution in [0.1, 0.15) is 42.5 Å². The fourth-order valence-corrected chi connectivity index (χ4v) is 3.57. The summed E-state index contributed by atoms with van der Waals surface area (Å²) in [6, 6.07) is 27.2. The summed E-state index contributed by atoms with van der Waals surface area (Å²) in [6.45, 7) is 5.24. The van der Waals surface area contributed by atoms with Gasteiger partial charge in [0.05, 0.1) is 6.61 Å². The highest BCUT2D eigenvalue weighted by Crippen LogP contribution is 2.25. The Morgan fingerprint density at radius 3 is 2.03 bits per heavy atom. The van der Waals surface area contributed by atoms with E-state index in [1.54, 1.807) is 0 Å². The fraction of sp³-hybridized carbons (Fsp3) is 0.269. The third-order valence-electron chi connectivity index (χ3n) is 5.19. The molecule has 0 aromatic heterocycles. The second kappa shape index (κ2) is 10.7. The van der Waals surface area contributed by atoms with Crippen molar-refractivity contribution >= 4 is 11.6 Å². The maximum absolute atomic E-state index is 13.4. The molecule has 0 aliphatic rings. The number of carbonyl (C=O) groups excluding carboxylic acids is 1. The van der Waals surface area contributed by atoms with Crippen molar-refractivity contribution in [3.05, 3.63) is 102 Å². The zero-order valence-electron chi connectivity index (χ0n) is 17.7. The smallest absolute Gasteiger partial charge is 0.246 e. The molecular weight excluding hydrogens is 372 g/mol. The van der Waals surface area contributed by atoms with Crippen LogP contribution in [0.15, 0.2) is 84.9 Å². The predicted molar refractivity (Wildman–Crippen MR) is 122 cm³/mol. The van der Waals surface area contributed by atoms with Crippen LogP contribution in [0, 0.1) is 0 Å². The first kappa shape index (κ1) is 21.8. The SMILES string of the molecule is CC(C)c1ccc(NC(=O)[C@H](c2ccccc2)N(CCO)Cc2ccccc2)cc1. The molecule has 0 spiro atoms. The van der Waals surface area contributed by atoms with Crippen LogP contribution in [0.2, 0.25) is 0 Å². The molecule has 0 radical (unpaired) electrons. The van der Waals surface area contributed by atoms with Crippen molar-refractivity contribution in [1.29, 1.82) is 0 Å². The summed E-state index contributed by atoms with van der Waals surface area (Å²) in [7, 11) is 0. The van der Waals surface area contributed by atoms with Crippen LogP contribution in [0.4, 0.5) is 5.69 Å². The van der Waals surface area contributed by atoms with Gasteiger partial charge in [-0.05, 0) is 34.7 Å². The topological polar surface area (TPSA) is 52.6 Å². The quantitative estimate of drug-likeness (QED) is 0.530. The van der Waals surface area contributed by atoms with Gasteiger partial charge in [-0.15, -0.1) is 0 Å². The van der Waals surface area contributed by atoms with Gasteiger partial charge >= 0.3 is 0 Å². The third-order valence-corrected chi connectivity index (χ3v) is 5.19. The summed E-state index contributed by atoms with van der Waals surface area (Å²) in [5, 5.41) is 12.8. The Morgan fingerprint density at radius 1 is 0.867 bits per heavy atom. The van der Waals surface area contributed by atoms with Gasteiger partial charge in [0.25, 0.3) is 0 Å². The molecule has 0 heterocycles. The average Bonchev–Trinajstić information content (AvgIpc) is 2.76. The van der Waals surface area contributed by atoms with Crippen LogP contribution in [-0.4, -0.2) is 29.1 Å². The zero-order valence-corrected chi connectivity index (χ0v) is 17.7. The molecule has 0 fully saturated rings. The molecule has 0 aliphatic heterocycles. The van der Waals surface area contributed by atoms with E-state index < -0.39 is 6.04 Å². The molecule has 1 amide bonds. The monoisotopic (exact) mass is 402 g/mol. The minimum absolute atomic E-state index is 0.0213. The number of hydrogen-bond donors (Lipinski definition) is 2. The van der Waals surface area contributed by atoms with Crippen LogP contribution >= 0.6 is 0 Å². The number of benzene rings is 3. The average molecular weight is 403 g/mol. The Labute approximate surface area is 179 Å². The molecule has 0 saturated carbocycles. The van der Waals surface area contributed by atoms with Gasteiger partial charge in [-0.1, -0.05) is 86.6 Å². The fourth-order valence-electron chi connectivity index (χ4n) is 3.57. The van der Waals surface area contributed by atoms with Crippen LogP contribution in [-0.2, 0) is 11.3 Å². The molecule has 0 saturated heterocycles. The van der Waals surface area contributed by atoms with E-state index in [9.17, 15) is 9.90 Å². The number of hydrogen-bond acceptors (Lipinski definition) is 3. The molecule has 156 valence electrons. The van der Waals surface area contributed by atoms with Crippen LogP contribution in [0.3, 0.4) is 0 Å². The summed E-state index contributed by atoms with van der Waals surface area (Å²) in [6.07, 6.45) is 0. The van der Waals surface area contributed by atoms with Gasteiger partial charge in [0, 0.05) is 18.8 Å². The van der Waals surface area contributed by atoms with Gasteiger partial charge in [0.15, 0.2) is 0 Å². The maximum Gasteiger partial charge on any atom is 0.246 e. The minimum Gasteiger partial charge on any atom is -0.395 e. The molecule has 0 unspecified atom stereocenters. The molecule has 4 nitrogen and oxygen atoms in total. The molecule has 3 rings (SSSR count). The Morgan fingerprint density at radius 2 is 1.47 bits per heavy atom. The second-order valence-electron chi connectivity index (χ2n) is 7.76. The Kier molecular flexibility index (Phi) is 7.77. The van der Waals surface area contributed by atoms with Crippen LogP contribution in [0.5, 0.6) is 0 Å². The molecule has 0 aliphatic carbocycles. The predicted octanol–water partition coefficient (Wildman–Crippen LogP) is 4.98. The molecule has 0 bridgehead atoms. The van der Waals surface area contributed by atoms with E-state index in [4.69, 9.17) is 0 Å². The first-order valence-electron chi connectivity index (χ1n) is 10.4. The van der Waals surface area contributed by atoms with E-state index >= 15 is 0 Å². The number of carbonyl (C=O) groups is 1. The van der Waals surface area contributed by atoms with Gasteiger partial charge in [0.2, 0.25) is 5.91 Å². The number of anilines is 1. The largest absolute Gasteiger partial charge is 0.395 e. The summed E-state index contributed by atoms with van der Waals surface area (Å²) in [5.41, 5.74) is 4.01. The number of nitrogens with one attached hydrogen (secondary N) is 1. The lowest BCUT2D eigenvalue weighted by molar-refractivity contribution is -0.122. The van der Waals surface area contributed by atoms with Gasteiger partial charge in [-0.3, -0.25) is 9.69 Å². The molecule has 4 heteroatoms. The number of aliphatic hydroxyl groups excluding tert-OH is 1. The van der Waals surface area contributed by atoms with E-state index in [0.717, 1.165) is 16.8 Å². The van der Waals surface area contributed by atoms with Crippen molar-refractivity contribution in [1.82, 2.24) is 4.90 Å². The summed E-state index contributed by atoms with van der Waals surface area (Å²) in [5.74, 6) is 0.334. The van der Waals surface area contributed by atoms with Gasteiger partial charge in [-0.25, -0.2) is 0 Å². The third kappa shape index (κ3) is 5.78. The van der Waals surface area contributed by atoms with Crippen molar-refractivity contribution in [2.24, 2.45) is 0 Å². The van der Waals surface area contributed by atoms with Crippen LogP contribution in [0.25, 0.3) is 0 Å². The van der Waals surface area contributed by atoms with Crippen molar-refractivity contribution < 1.29 is 9.90 Å². The molecule has 1 atom stereocenters. The summed E-state index contributed by atoms with van der Waals surface area (Å²) >= 11 is 0. The maximum atomic E-state index is 13.4. The molecule has 30 heavy (non-hydrogen) atoms. The Bertz CT molecular complexity index is 909. The first-order chi connectivity index (χ1) is 14.6. The van der Waals surface area contributed by atoms with E-state index in [1.807, 2.05) is 89.8 Å². The Hall–Kier alpha value is -2.95. The highest BCUT2D eigenvalue weighted by molar-refractivity contribution is 5.95. The van der Waals surface area contributed by atoms with Crippen LogP contribution < -0.4 is 5.32 Å². The lowest BCUT2D eigenvalue weighted by Crippen LogP contribution is -2.38. The van der Waals surface area contributed by atoms with Crippen molar-refractivity contribution in [2.75, 3.05) is 18.5 Å². The van der Waals surface area contributed by atoms with Crippen molar-refractivity contribution in [2.45, 2.75) is 32.4 Å². The number of aliphatic hydroxyl groups is 1. The highest BCUT2D eigenvalue weighted by Gasteiger charge is 2.27. The molecule has 3 aromatic carbocycles. The van der Waals surface area contributed by atoms with Crippen molar-refractivity contribution in [3.8, 4) is 0 Å². The highest BCUT2D eigenvalue weighted by atomic mass is 16.3. The van der Waals surface area contributed by atoms with E-state index in [-0.39, 0.29) is 12.5 Å². The first-order valence-corrected chi connectivity index (χ1v) is 10.4. The van der Waals surface area contributed by atoms with Gasteiger partial charge in [-0.2, -0.15) is 0 Å². The normalized spacial score (nSPS) is 12.2. The lowest BCUT2D eigenvalue weighted by Gasteiger charge is -2.31. The van der Waals surface area contributed by atoms with Gasteiger partial charge in [0.1, 0.15) is 6.04 Å². The molecule has 2 N–H and O–H groups in total. The van der Waals surface area contributed by atoms with E-state index in [1.165, 1.54) is 5.56 Å². The Balaban J connectivity index is 1.87. The second-order valence-corrected chi connectivity index (χ2v) is 7.76. The number of nitrogens with zero attached hydrogens (tertiary/aromatic N) is 1.